The molecule has 1 atom stereocenters. The van der Waals surface area contributed by atoms with Crippen LogP contribution in [0.15, 0.2) is 35.6 Å². The first kappa shape index (κ1) is 18.6. The average molecular weight is 365 g/mol. The molecule has 1 aromatic rings. The first-order valence-electron chi connectivity index (χ1n) is 8.35. The third-order valence-corrected chi connectivity index (χ3v) is 20.9. The molecule has 0 saturated carbocycles. The molecule has 5 heteroatoms. The molecule has 0 amide bonds. The largest absolute Gasteiger partial charge is 0.462 e. The van der Waals surface area contributed by atoms with Crippen LogP contribution in [0, 0.1) is 0 Å². The van der Waals surface area contributed by atoms with Crippen molar-refractivity contribution >= 4 is 35.4 Å². The molecular formula is C18H29O2PSi2. The van der Waals surface area contributed by atoms with Gasteiger partial charge in [-0.3, -0.25) is 0 Å². The molecule has 0 aromatic heterocycles. The SMILES string of the molecule is CCOC(=O)C1=C(c2ccccc2)[P@@]1C([Si](C)(C)C)[Si](C)(C)C. The van der Waals surface area contributed by atoms with Gasteiger partial charge in [0.2, 0.25) is 0 Å². The molecule has 126 valence electrons. The van der Waals surface area contributed by atoms with E-state index in [0.717, 1.165) is 10.2 Å². The second kappa shape index (κ2) is 6.66. The smallest absolute Gasteiger partial charge is 0.339 e. The summed E-state index contributed by atoms with van der Waals surface area (Å²) < 4.78 is 5.37. The molecule has 23 heavy (non-hydrogen) atoms. The molecule has 0 spiro atoms. The van der Waals surface area contributed by atoms with Gasteiger partial charge < -0.3 is 4.74 Å². The molecule has 0 bridgehead atoms. The number of ether oxygens (including phenoxy) is 1. The standard InChI is InChI=1S/C18H29O2PSi2/c1-8-20-17(19)16-15(14-12-10-9-11-13-14)21(16)18(22(2,3)4)23(5,6)7/h9-13,18H,8H2,1-7H3/t21-/m1/s1. The Balaban J connectivity index is 2.44. The van der Waals surface area contributed by atoms with Crippen molar-refractivity contribution in [2.24, 2.45) is 0 Å². The lowest BCUT2D eigenvalue weighted by Gasteiger charge is -2.39. The topological polar surface area (TPSA) is 26.3 Å². The Labute approximate surface area is 144 Å². The van der Waals surface area contributed by atoms with Crippen LogP contribution in [0.4, 0.5) is 0 Å². The highest BCUT2D eigenvalue weighted by Gasteiger charge is 2.55. The first-order chi connectivity index (χ1) is 10.6. The lowest BCUT2D eigenvalue weighted by molar-refractivity contribution is -0.137. The van der Waals surface area contributed by atoms with Crippen molar-refractivity contribution in [3.63, 3.8) is 0 Å². The van der Waals surface area contributed by atoms with Crippen LogP contribution in [0.2, 0.25) is 39.3 Å². The van der Waals surface area contributed by atoms with Crippen molar-refractivity contribution in [1.29, 1.82) is 0 Å². The van der Waals surface area contributed by atoms with Gasteiger partial charge in [-0.25, -0.2) is 4.79 Å². The lowest BCUT2D eigenvalue weighted by atomic mass is 10.2. The van der Waals surface area contributed by atoms with Gasteiger partial charge >= 0.3 is 5.97 Å². The summed E-state index contributed by atoms with van der Waals surface area (Å²) in [6, 6.07) is 10.4. The van der Waals surface area contributed by atoms with Crippen molar-refractivity contribution in [2.45, 2.75) is 51.1 Å². The minimum Gasteiger partial charge on any atom is -0.462 e. The van der Waals surface area contributed by atoms with E-state index in [-0.39, 0.29) is 5.97 Å². The predicted octanol–water partition coefficient (Wildman–Crippen LogP) is 5.54. The maximum atomic E-state index is 12.5. The summed E-state index contributed by atoms with van der Waals surface area (Å²) in [6.45, 7) is 17.1. The molecule has 1 aliphatic heterocycles. The van der Waals surface area contributed by atoms with Gasteiger partial charge in [0.05, 0.1) is 11.9 Å². The van der Waals surface area contributed by atoms with E-state index in [1.165, 1.54) is 10.9 Å². The zero-order valence-electron chi connectivity index (χ0n) is 15.4. The minimum absolute atomic E-state index is 0.0704. The fourth-order valence-electron chi connectivity index (χ4n) is 3.78. The van der Waals surface area contributed by atoms with Crippen molar-refractivity contribution < 1.29 is 9.53 Å². The highest BCUT2D eigenvalue weighted by atomic mass is 31.1. The van der Waals surface area contributed by atoms with Crippen molar-refractivity contribution in [3.05, 3.63) is 41.2 Å². The maximum absolute atomic E-state index is 12.5. The quantitative estimate of drug-likeness (QED) is 0.376. The van der Waals surface area contributed by atoms with Crippen LogP contribution >= 0.6 is 7.92 Å². The van der Waals surface area contributed by atoms with Gasteiger partial charge in [-0.15, -0.1) is 0 Å². The highest BCUT2D eigenvalue weighted by molar-refractivity contribution is 7.87. The van der Waals surface area contributed by atoms with E-state index in [1.54, 1.807) is 0 Å². The van der Waals surface area contributed by atoms with Gasteiger partial charge in [0.1, 0.15) is 0 Å². The summed E-state index contributed by atoms with van der Waals surface area (Å²) in [5, 5.41) is 2.33. The van der Waals surface area contributed by atoms with E-state index in [0.29, 0.717) is 6.61 Å². The summed E-state index contributed by atoms with van der Waals surface area (Å²) in [5.74, 6) is -0.0704. The molecule has 2 nitrogen and oxygen atoms in total. The molecule has 0 fully saturated rings. The van der Waals surface area contributed by atoms with Crippen molar-refractivity contribution in [3.8, 4) is 0 Å². The molecule has 1 aromatic carbocycles. The Morgan fingerprint density at radius 3 is 2.00 bits per heavy atom. The van der Waals surface area contributed by atoms with Gasteiger partial charge in [-0.2, -0.15) is 0 Å². The van der Waals surface area contributed by atoms with Crippen LogP contribution in [0.1, 0.15) is 12.5 Å². The third kappa shape index (κ3) is 4.04. The number of rotatable bonds is 6. The minimum atomic E-state index is -1.37. The van der Waals surface area contributed by atoms with Gasteiger partial charge in [0.15, 0.2) is 0 Å². The van der Waals surface area contributed by atoms with E-state index in [1.807, 2.05) is 13.0 Å². The van der Waals surface area contributed by atoms with Crippen molar-refractivity contribution in [1.82, 2.24) is 0 Å². The van der Waals surface area contributed by atoms with Crippen LogP contribution in [-0.2, 0) is 9.53 Å². The molecule has 0 N–H and O–H groups in total. The number of benzene rings is 1. The predicted molar refractivity (Wildman–Crippen MR) is 107 cm³/mol. The monoisotopic (exact) mass is 364 g/mol. The third-order valence-electron chi connectivity index (χ3n) is 4.07. The van der Waals surface area contributed by atoms with Gasteiger partial charge in [0, 0.05) is 21.5 Å². The lowest BCUT2D eigenvalue weighted by Crippen LogP contribution is -2.51. The molecule has 1 aliphatic rings. The normalized spacial score (nSPS) is 18.3. The molecule has 1 heterocycles. The van der Waals surface area contributed by atoms with Gasteiger partial charge in [0.25, 0.3) is 0 Å². The zero-order chi connectivity index (χ0) is 17.4. The summed E-state index contributed by atoms with van der Waals surface area (Å²) in [7, 11) is -3.20. The van der Waals surface area contributed by atoms with E-state index in [9.17, 15) is 4.79 Å². The molecule has 0 radical (unpaired) electrons. The second-order valence-electron chi connectivity index (χ2n) is 8.29. The summed E-state index contributed by atoms with van der Waals surface area (Å²) in [4.78, 5) is 13.2. The molecule has 0 saturated heterocycles. The van der Waals surface area contributed by atoms with Crippen LogP contribution in [0.5, 0.6) is 0 Å². The summed E-state index contributed by atoms with van der Waals surface area (Å²) in [6.07, 6.45) is 0. The van der Waals surface area contributed by atoms with Crippen LogP contribution in [0.25, 0.3) is 5.31 Å². The Bertz CT molecular complexity index is 598. The molecule has 0 unspecified atom stereocenters. The average Bonchev–Trinajstić information content (AvgIpc) is 3.11. The molecule has 2 rings (SSSR count). The number of esters is 1. The fraction of sp³-hybridized carbons (Fsp3) is 0.500. The van der Waals surface area contributed by atoms with Gasteiger partial charge in [-0.1, -0.05) is 69.6 Å². The van der Waals surface area contributed by atoms with Crippen LogP contribution in [-0.4, -0.2) is 33.6 Å². The van der Waals surface area contributed by atoms with Crippen molar-refractivity contribution in [2.75, 3.05) is 6.61 Å². The van der Waals surface area contributed by atoms with E-state index in [2.05, 4.69) is 63.5 Å². The Morgan fingerprint density at radius 1 is 1.04 bits per heavy atom. The highest BCUT2D eigenvalue weighted by Crippen LogP contribution is 2.79. The first-order valence-corrected chi connectivity index (χ1v) is 16.9. The Kier molecular flexibility index (Phi) is 5.39. The molecular weight excluding hydrogens is 335 g/mol. The van der Waals surface area contributed by atoms with E-state index < -0.39 is 24.1 Å². The Morgan fingerprint density at radius 2 is 1.57 bits per heavy atom. The van der Waals surface area contributed by atoms with Crippen LogP contribution < -0.4 is 0 Å². The maximum Gasteiger partial charge on any atom is 0.339 e. The number of carbonyl (C=O) groups is 1. The second-order valence-corrected chi connectivity index (χ2v) is 22.6. The molecule has 0 aliphatic carbocycles. The zero-order valence-corrected chi connectivity index (χ0v) is 18.3. The number of hydrogen-bond acceptors (Lipinski definition) is 2. The fourth-order valence-corrected chi connectivity index (χ4v) is 23.9. The van der Waals surface area contributed by atoms with E-state index in [4.69, 9.17) is 4.74 Å². The summed E-state index contributed by atoms with van der Waals surface area (Å²) in [5.41, 5.74) is 1.23. The summed E-state index contributed by atoms with van der Waals surface area (Å²) >= 11 is 0. The number of carbonyl (C=O) groups excluding carboxylic acids is 1. The Hall–Kier alpha value is -0.706. The van der Waals surface area contributed by atoms with Gasteiger partial charge in [-0.05, 0) is 25.3 Å². The van der Waals surface area contributed by atoms with E-state index >= 15 is 0 Å². The van der Waals surface area contributed by atoms with Crippen LogP contribution in [0.3, 0.4) is 0 Å². The number of hydrogen-bond donors (Lipinski definition) is 0.